The molecule has 3 aromatic rings. The van der Waals surface area contributed by atoms with E-state index in [1.54, 1.807) is 0 Å². The molecule has 0 spiro atoms. The first kappa shape index (κ1) is 11.7. The van der Waals surface area contributed by atoms with Gasteiger partial charge in [-0.2, -0.15) is 5.10 Å². The minimum atomic E-state index is 0.765. The van der Waals surface area contributed by atoms with Gasteiger partial charge in [0, 0.05) is 18.2 Å². The van der Waals surface area contributed by atoms with Gasteiger partial charge in [-0.25, -0.2) is 9.67 Å². The summed E-state index contributed by atoms with van der Waals surface area (Å²) in [7, 11) is 1.93. The minimum Gasteiger partial charge on any atom is -0.248 e. The predicted molar refractivity (Wildman–Crippen MR) is 76.6 cm³/mol. The van der Waals surface area contributed by atoms with Gasteiger partial charge in [-0.05, 0) is 12.5 Å². The molecule has 0 atom stereocenters. The molecular formula is C16H15N3. The molecule has 0 aliphatic heterocycles. The first-order valence-corrected chi connectivity index (χ1v) is 6.28. The first-order chi connectivity index (χ1) is 9.25. The van der Waals surface area contributed by atoms with Gasteiger partial charge in [0.2, 0.25) is 0 Å². The van der Waals surface area contributed by atoms with Crippen LogP contribution in [0, 0.1) is 6.92 Å². The summed E-state index contributed by atoms with van der Waals surface area (Å²) < 4.78 is 1.84. The van der Waals surface area contributed by atoms with Gasteiger partial charge in [0.05, 0.1) is 0 Å². The summed E-state index contributed by atoms with van der Waals surface area (Å²) in [5, 5.41) is 4.50. The van der Waals surface area contributed by atoms with Gasteiger partial charge in [0.15, 0.2) is 11.6 Å². The van der Waals surface area contributed by atoms with Crippen LogP contribution in [-0.4, -0.2) is 14.8 Å². The van der Waals surface area contributed by atoms with E-state index in [1.165, 1.54) is 5.56 Å². The smallest absolute Gasteiger partial charge is 0.181 e. The van der Waals surface area contributed by atoms with Crippen molar-refractivity contribution >= 4 is 0 Å². The Labute approximate surface area is 112 Å². The van der Waals surface area contributed by atoms with Crippen LogP contribution in [0.1, 0.15) is 5.56 Å². The van der Waals surface area contributed by atoms with E-state index in [-0.39, 0.29) is 0 Å². The lowest BCUT2D eigenvalue weighted by molar-refractivity contribution is 0.777. The molecule has 3 nitrogen and oxygen atoms in total. The van der Waals surface area contributed by atoms with Crippen LogP contribution in [0.3, 0.4) is 0 Å². The van der Waals surface area contributed by atoms with Crippen molar-refractivity contribution in [1.82, 2.24) is 14.8 Å². The Morgan fingerprint density at radius 1 is 0.895 bits per heavy atom. The normalized spacial score (nSPS) is 10.6. The summed E-state index contributed by atoms with van der Waals surface area (Å²) in [4.78, 5) is 4.66. The van der Waals surface area contributed by atoms with E-state index < -0.39 is 0 Å². The Morgan fingerprint density at radius 3 is 2.32 bits per heavy atom. The summed E-state index contributed by atoms with van der Waals surface area (Å²) >= 11 is 0. The van der Waals surface area contributed by atoms with Crippen LogP contribution >= 0.6 is 0 Å². The molecule has 2 aromatic carbocycles. The number of aromatic nitrogens is 3. The highest BCUT2D eigenvalue weighted by molar-refractivity contribution is 5.64. The maximum Gasteiger partial charge on any atom is 0.181 e. The van der Waals surface area contributed by atoms with Gasteiger partial charge in [-0.1, -0.05) is 54.6 Å². The number of benzene rings is 2. The zero-order valence-corrected chi connectivity index (χ0v) is 11.0. The summed E-state index contributed by atoms with van der Waals surface area (Å²) in [6.45, 7) is 2.09. The number of hydrogen-bond donors (Lipinski definition) is 0. The van der Waals surface area contributed by atoms with E-state index in [1.807, 2.05) is 54.2 Å². The van der Waals surface area contributed by atoms with Gasteiger partial charge in [0.1, 0.15) is 0 Å². The highest BCUT2D eigenvalue weighted by Crippen LogP contribution is 2.23. The van der Waals surface area contributed by atoms with Crippen LogP contribution in [0.2, 0.25) is 0 Å². The largest absolute Gasteiger partial charge is 0.248 e. The Bertz CT molecular complexity index is 699. The molecule has 0 fully saturated rings. The maximum absolute atomic E-state index is 4.66. The van der Waals surface area contributed by atoms with Crippen molar-refractivity contribution in [3.8, 4) is 22.8 Å². The molecule has 94 valence electrons. The van der Waals surface area contributed by atoms with Crippen LogP contribution in [0.4, 0.5) is 0 Å². The monoisotopic (exact) mass is 249 g/mol. The summed E-state index contributed by atoms with van der Waals surface area (Å²) in [5.74, 6) is 1.67. The molecule has 1 aromatic heterocycles. The molecule has 0 bridgehead atoms. The lowest BCUT2D eigenvalue weighted by Crippen LogP contribution is -1.95. The van der Waals surface area contributed by atoms with Crippen molar-refractivity contribution in [3.63, 3.8) is 0 Å². The Hall–Kier alpha value is -2.42. The molecule has 19 heavy (non-hydrogen) atoms. The van der Waals surface area contributed by atoms with Gasteiger partial charge < -0.3 is 0 Å². The Balaban J connectivity index is 2.11. The standard InChI is InChI=1S/C16H15N3/c1-12-8-6-7-11-14(12)16-17-15(18-19(16)2)13-9-4-3-5-10-13/h3-11H,1-2H3. The summed E-state index contributed by atoms with van der Waals surface area (Å²) in [6, 6.07) is 18.3. The van der Waals surface area contributed by atoms with Crippen molar-refractivity contribution in [2.24, 2.45) is 7.05 Å². The first-order valence-electron chi connectivity index (χ1n) is 6.28. The van der Waals surface area contributed by atoms with Gasteiger partial charge in [0.25, 0.3) is 0 Å². The number of rotatable bonds is 2. The van der Waals surface area contributed by atoms with E-state index in [9.17, 15) is 0 Å². The number of aryl methyl sites for hydroxylation is 2. The third kappa shape index (κ3) is 2.15. The lowest BCUT2D eigenvalue weighted by atomic mass is 10.1. The molecule has 0 N–H and O–H groups in total. The van der Waals surface area contributed by atoms with E-state index in [4.69, 9.17) is 0 Å². The van der Waals surface area contributed by atoms with Gasteiger partial charge in [-0.3, -0.25) is 0 Å². The fourth-order valence-electron chi connectivity index (χ4n) is 2.15. The minimum absolute atomic E-state index is 0.765. The molecular weight excluding hydrogens is 234 g/mol. The molecule has 1 heterocycles. The fraction of sp³-hybridized carbons (Fsp3) is 0.125. The van der Waals surface area contributed by atoms with Crippen molar-refractivity contribution in [2.75, 3.05) is 0 Å². The Kier molecular flexibility index (Phi) is 2.88. The fourth-order valence-corrected chi connectivity index (χ4v) is 2.15. The Morgan fingerprint density at radius 2 is 1.58 bits per heavy atom. The second kappa shape index (κ2) is 4.69. The molecule has 3 rings (SSSR count). The maximum atomic E-state index is 4.66. The van der Waals surface area contributed by atoms with E-state index in [2.05, 4.69) is 29.1 Å². The van der Waals surface area contributed by atoms with Gasteiger partial charge >= 0.3 is 0 Å². The van der Waals surface area contributed by atoms with Crippen molar-refractivity contribution < 1.29 is 0 Å². The highest BCUT2D eigenvalue weighted by Gasteiger charge is 2.12. The van der Waals surface area contributed by atoms with Crippen molar-refractivity contribution in [3.05, 3.63) is 60.2 Å². The topological polar surface area (TPSA) is 30.7 Å². The summed E-state index contributed by atoms with van der Waals surface area (Å²) in [6.07, 6.45) is 0. The van der Waals surface area contributed by atoms with E-state index >= 15 is 0 Å². The van der Waals surface area contributed by atoms with Crippen LogP contribution < -0.4 is 0 Å². The van der Waals surface area contributed by atoms with Crippen LogP contribution in [-0.2, 0) is 7.05 Å². The zero-order chi connectivity index (χ0) is 13.2. The second-order valence-electron chi connectivity index (χ2n) is 4.56. The molecule has 0 saturated carbocycles. The average molecular weight is 249 g/mol. The van der Waals surface area contributed by atoms with E-state index in [0.717, 1.165) is 22.8 Å². The molecule has 0 aliphatic rings. The third-order valence-electron chi connectivity index (χ3n) is 3.18. The van der Waals surface area contributed by atoms with Crippen LogP contribution in [0.5, 0.6) is 0 Å². The van der Waals surface area contributed by atoms with Crippen molar-refractivity contribution in [2.45, 2.75) is 6.92 Å². The number of nitrogens with zero attached hydrogens (tertiary/aromatic N) is 3. The number of hydrogen-bond acceptors (Lipinski definition) is 2. The van der Waals surface area contributed by atoms with Crippen molar-refractivity contribution in [1.29, 1.82) is 0 Å². The highest BCUT2D eigenvalue weighted by atomic mass is 15.3. The lowest BCUT2D eigenvalue weighted by Gasteiger charge is -2.03. The molecule has 0 saturated heterocycles. The molecule has 0 amide bonds. The zero-order valence-electron chi connectivity index (χ0n) is 11.0. The molecule has 0 unspecified atom stereocenters. The van der Waals surface area contributed by atoms with Crippen LogP contribution in [0.25, 0.3) is 22.8 Å². The quantitative estimate of drug-likeness (QED) is 0.696. The van der Waals surface area contributed by atoms with E-state index in [0.29, 0.717) is 0 Å². The second-order valence-corrected chi connectivity index (χ2v) is 4.56. The SMILES string of the molecule is Cc1ccccc1-c1nc(-c2ccccc2)nn1C. The molecule has 0 aliphatic carbocycles. The predicted octanol–water partition coefficient (Wildman–Crippen LogP) is 3.46. The third-order valence-corrected chi connectivity index (χ3v) is 3.18. The average Bonchev–Trinajstić information content (AvgIpc) is 2.82. The van der Waals surface area contributed by atoms with Gasteiger partial charge in [-0.15, -0.1) is 0 Å². The molecule has 0 radical (unpaired) electrons. The van der Waals surface area contributed by atoms with Crippen LogP contribution in [0.15, 0.2) is 54.6 Å². The summed E-state index contributed by atoms with van der Waals surface area (Å²) in [5.41, 5.74) is 3.37. The molecule has 3 heteroatoms.